The third-order valence-corrected chi connectivity index (χ3v) is 2.39. The van der Waals surface area contributed by atoms with Crippen LogP contribution in [0.3, 0.4) is 0 Å². The summed E-state index contributed by atoms with van der Waals surface area (Å²) in [4.78, 5) is 0. The van der Waals surface area contributed by atoms with E-state index >= 15 is 0 Å². The summed E-state index contributed by atoms with van der Waals surface area (Å²) in [6, 6.07) is 5.88. The van der Waals surface area contributed by atoms with Crippen molar-refractivity contribution >= 4 is 0 Å². The van der Waals surface area contributed by atoms with Crippen molar-refractivity contribution in [2.75, 3.05) is 6.54 Å². The Bertz CT molecular complexity index is 357. The normalized spacial score (nSPS) is 12.6. The molecule has 2 N–H and O–H groups in total. The Morgan fingerprint density at radius 1 is 1.12 bits per heavy atom. The molecule has 0 atom stereocenters. The number of benzene rings is 1. The van der Waals surface area contributed by atoms with E-state index in [1.54, 1.807) is 12.1 Å². The molecule has 5 heteroatoms. The largest absolute Gasteiger partial charge is 0.573 e. The van der Waals surface area contributed by atoms with E-state index in [4.69, 9.17) is 5.73 Å². The Morgan fingerprint density at radius 2 is 1.65 bits per heavy atom. The molecule has 17 heavy (non-hydrogen) atoms. The zero-order valence-corrected chi connectivity index (χ0v) is 9.84. The van der Waals surface area contributed by atoms with Gasteiger partial charge in [0.1, 0.15) is 5.75 Å². The van der Waals surface area contributed by atoms with E-state index in [0.29, 0.717) is 6.54 Å². The molecule has 0 radical (unpaired) electrons. The van der Waals surface area contributed by atoms with E-state index in [9.17, 15) is 13.2 Å². The van der Waals surface area contributed by atoms with Gasteiger partial charge in [0.15, 0.2) is 0 Å². The SMILES string of the molecule is CC(C)(CN)Cc1ccc(OC(F)(F)F)cc1. The summed E-state index contributed by atoms with van der Waals surface area (Å²) in [6.45, 7) is 4.54. The average molecular weight is 247 g/mol. The van der Waals surface area contributed by atoms with Crippen molar-refractivity contribution in [2.45, 2.75) is 26.6 Å². The maximum atomic E-state index is 11.9. The second-order valence-electron chi connectivity index (χ2n) is 4.74. The number of ether oxygens (including phenoxy) is 1. The number of alkyl halides is 3. The summed E-state index contributed by atoms with van der Waals surface area (Å²) < 4.78 is 39.6. The van der Waals surface area contributed by atoms with Crippen LogP contribution in [0.4, 0.5) is 13.2 Å². The Morgan fingerprint density at radius 3 is 2.06 bits per heavy atom. The molecule has 96 valence electrons. The third kappa shape index (κ3) is 5.08. The van der Waals surface area contributed by atoms with E-state index in [0.717, 1.165) is 12.0 Å². The highest BCUT2D eigenvalue weighted by molar-refractivity contribution is 5.28. The van der Waals surface area contributed by atoms with Crippen LogP contribution < -0.4 is 10.5 Å². The van der Waals surface area contributed by atoms with Gasteiger partial charge in [0.25, 0.3) is 0 Å². The molecule has 0 aliphatic heterocycles. The predicted octanol–water partition coefficient (Wildman–Crippen LogP) is 3.11. The van der Waals surface area contributed by atoms with Crippen LogP contribution in [0, 0.1) is 5.41 Å². The molecule has 0 unspecified atom stereocenters. The van der Waals surface area contributed by atoms with Gasteiger partial charge in [-0.25, -0.2) is 0 Å². The standard InChI is InChI=1S/C12H16F3NO/c1-11(2,8-16)7-9-3-5-10(6-4-9)17-12(13,14)15/h3-6H,7-8,16H2,1-2H3. The number of halogens is 3. The van der Waals surface area contributed by atoms with E-state index in [2.05, 4.69) is 4.74 Å². The fourth-order valence-corrected chi connectivity index (χ4v) is 1.43. The highest BCUT2D eigenvalue weighted by Crippen LogP contribution is 2.25. The van der Waals surface area contributed by atoms with Crippen LogP contribution in [0.5, 0.6) is 5.75 Å². The highest BCUT2D eigenvalue weighted by Gasteiger charge is 2.31. The lowest BCUT2D eigenvalue weighted by Crippen LogP contribution is -2.25. The molecule has 0 fully saturated rings. The maximum absolute atomic E-state index is 11.9. The molecule has 0 spiro atoms. The van der Waals surface area contributed by atoms with E-state index in [1.165, 1.54) is 12.1 Å². The van der Waals surface area contributed by atoms with Gasteiger partial charge in [-0.2, -0.15) is 0 Å². The van der Waals surface area contributed by atoms with Crippen LogP contribution >= 0.6 is 0 Å². The van der Waals surface area contributed by atoms with Gasteiger partial charge in [0, 0.05) is 0 Å². The lowest BCUT2D eigenvalue weighted by atomic mass is 9.86. The van der Waals surface area contributed by atoms with Crippen molar-refractivity contribution in [1.82, 2.24) is 0 Å². The van der Waals surface area contributed by atoms with Gasteiger partial charge >= 0.3 is 6.36 Å². The second-order valence-corrected chi connectivity index (χ2v) is 4.74. The van der Waals surface area contributed by atoms with Gasteiger partial charge in [0.2, 0.25) is 0 Å². The lowest BCUT2D eigenvalue weighted by molar-refractivity contribution is -0.274. The summed E-state index contributed by atoms with van der Waals surface area (Å²) in [6.07, 6.45) is -3.92. The molecule has 0 aromatic heterocycles. The molecule has 0 amide bonds. The average Bonchev–Trinajstić information content (AvgIpc) is 2.19. The summed E-state index contributed by atoms with van der Waals surface area (Å²) >= 11 is 0. The number of nitrogens with two attached hydrogens (primary N) is 1. The molecule has 0 aliphatic rings. The maximum Gasteiger partial charge on any atom is 0.573 e. The Balaban J connectivity index is 2.69. The Hall–Kier alpha value is -1.23. The highest BCUT2D eigenvalue weighted by atomic mass is 19.4. The molecule has 1 rings (SSSR count). The molecular weight excluding hydrogens is 231 g/mol. The molecular formula is C12H16F3NO. The first-order valence-corrected chi connectivity index (χ1v) is 5.27. The second kappa shape index (κ2) is 4.96. The molecule has 0 saturated heterocycles. The van der Waals surface area contributed by atoms with Gasteiger partial charge in [-0.1, -0.05) is 26.0 Å². The molecule has 0 aliphatic carbocycles. The zero-order valence-electron chi connectivity index (χ0n) is 9.84. The molecule has 1 aromatic carbocycles. The number of hydrogen-bond donors (Lipinski definition) is 1. The smallest absolute Gasteiger partial charge is 0.406 e. The minimum absolute atomic E-state index is 0.0631. The summed E-state index contributed by atoms with van der Waals surface area (Å²) in [5.74, 6) is -0.202. The Labute approximate surface area is 98.6 Å². The molecule has 0 bridgehead atoms. The third-order valence-electron chi connectivity index (χ3n) is 2.39. The summed E-state index contributed by atoms with van der Waals surface area (Å²) in [5, 5.41) is 0. The zero-order chi connectivity index (χ0) is 13.1. The molecule has 2 nitrogen and oxygen atoms in total. The summed E-state index contributed by atoms with van der Waals surface area (Å²) in [7, 11) is 0. The Kier molecular flexibility index (Phi) is 4.03. The van der Waals surface area contributed by atoms with Crippen molar-refractivity contribution < 1.29 is 17.9 Å². The quantitative estimate of drug-likeness (QED) is 0.887. The molecule has 0 heterocycles. The van der Waals surface area contributed by atoms with Gasteiger partial charge in [-0.15, -0.1) is 13.2 Å². The predicted molar refractivity (Wildman–Crippen MR) is 59.7 cm³/mol. The fourth-order valence-electron chi connectivity index (χ4n) is 1.43. The number of rotatable bonds is 4. The van der Waals surface area contributed by atoms with Gasteiger partial charge in [-0.05, 0) is 36.1 Å². The van der Waals surface area contributed by atoms with Gasteiger partial charge < -0.3 is 10.5 Å². The van der Waals surface area contributed by atoms with Crippen molar-refractivity contribution in [1.29, 1.82) is 0 Å². The van der Waals surface area contributed by atoms with Crippen LogP contribution in [0.2, 0.25) is 0 Å². The van der Waals surface area contributed by atoms with Crippen molar-refractivity contribution in [2.24, 2.45) is 11.1 Å². The van der Waals surface area contributed by atoms with Crippen molar-refractivity contribution in [3.05, 3.63) is 29.8 Å². The minimum atomic E-state index is -4.64. The van der Waals surface area contributed by atoms with Crippen molar-refractivity contribution in [3.63, 3.8) is 0 Å². The van der Waals surface area contributed by atoms with Crippen LogP contribution in [0.1, 0.15) is 19.4 Å². The van der Waals surface area contributed by atoms with Crippen LogP contribution in [-0.4, -0.2) is 12.9 Å². The first kappa shape index (κ1) is 13.8. The van der Waals surface area contributed by atoms with Gasteiger partial charge in [-0.3, -0.25) is 0 Å². The van der Waals surface area contributed by atoms with Crippen molar-refractivity contribution in [3.8, 4) is 5.75 Å². The van der Waals surface area contributed by atoms with E-state index < -0.39 is 6.36 Å². The lowest BCUT2D eigenvalue weighted by Gasteiger charge is -2.22. The van der Waals surface area contributed by atoms with E-state index in [-0.39, 0.29) is 11.2 Å². The molecule has 0 saturated carbocycles. The van der Waals surface area contributed by atoms with Gasteiger partial charge in [0.05, 0.1) is 0 Å². The number of hydrogen-bond acceptors (Lipinski definition) is 2. The van der Waals surface area contributed by atoms with E-state index in [1.807, 2.05) is 13.8 Å². The first-order valence-electron chi connectivity index (χ1n) is 5.27. The van der Waals surface area contributed by atoms with Crippen LogP contribution in [-0.2, 0) is 6.42 Å². The van der Waals surface area contributed by atoms with Crippen LogP contribution in [0.25, 0.3) is 0 Å². The topological polar surface area (TPSA) is 35.2 Å². The van der Waals surface area contributed by atoms with Crippen LogP contribution in [0.15, 0.2) is 24.3 Å². The fraction of sp³-hybridized carbons (Fsp3) is 0.500. The minimum Gasteiger partial charge on any atom is -0.406 e. The summed E-state index contributed by atoms with van der Waals surface area (Å²) in [5.41, 5.74) is 6.47. The monoisotopic (exact) mass is 247 g/mol. The first-order chi connectivity index (χ1) is 7.72. The molecule has 1 aromatic rings.